The zero-order valence-corrected chi connectivity index (χ0v) is 12.6. The van der Waals surface area contributed by atoms with E-state index in [0.717, 1.165) is 18.7 Å². The Morgan fingerprint density at radius 3 is 2.74 bits per heavy atom. The third-order valence-electron chi connectivity index (χ3n) is 3.75. The van der Waals surface area contributed by atoms with Gasteiger partial charge in [-0.05, 0) is 32.5 Å². The molecule has 2 rings (SSSR count). The first-order chi connectivity index (χ1) is 8.92. The number of sulfone groups is 1. The lowest BCUT2D eigenvalue weighted by atomic mass is 10.1. The number of hydrogen-bond acceptors (Lipinski definition) is 4. The summed E-state index contributed by atoms with van der Waals surface area (Å²) in [5.74, 6) is 0.178. The molecule has 0 radical (unpaired) electrons. The minimum Gasteiger partial charge on any atom is -0.308 e. The second kappa shape index (κ2) is 5.61. The molecular formula is C14H22N2O2S. The number of rotatable bonds is 5. The molecule has 0 bridgehead atoms. The highest BCUT2D eigenvalue weighted by Gasteiger charge is 2.33. The largest absolute Gasteiger partial charge is 0.308 e. The van der Waals surface area contributed by atoms with Gasteiger partial charge in [-0.25, -0.2) is 8.42 Å². The smallest absolute Gasteiger partial charge is 0.180 e. The van der Waals surface area contributed by atoms with E-state index in [1.165, 1.54) is 0 Å². The van der Waals surface area contributed by atoms with Crippen LogP contribution >= 0.6 is 0 Å². The van der Waals surface area contributed by atoms with Gasteiger partial charge in [0.25, 0.3) is 0 Å². The van der Waals surface area contributed by atoms with Crippen LogP contribution in [-0.2, 0) is 9.84 Å². The van der Waals surface area contributed by atoms with Gasteiger partial charge in [-0.1, -0.05) is 18.2 Å². The molecule has 0 spiro atoms. The van der Waals surface area contributed by atoms with Crippen molar-refractivity contribution in [1.29, 1.82) is 0 Å². The summed E-state index contributed by atoms with van der Waals surface area (Å²) in [5, 5.41) is 3.36. The Morgan fingerprint density at radius 2 is 2.05 bits per heavy atom. The Kier molecular flexibility index (Phi) is 4.28. The molecule has 0 saturated heterocycles. The van der Waals surface area contributed by atoms with E-state index in [9.17, 15) is 8.42 Å². The number of hydrogen-bond donors (Lipinski definition) is 1. The third kappa shape index (κ3) is 3.16. The molecule has 0 aromatic heterocycles. The van der Waals surface area contributed by atoms with Gasteiger partial charge in [0.1, 0.15) is 0 Å². The van der Waals surface area contributed by atoms with Gasteiger partial charge in [-0.2, -0.15) is 0 Å². The maximum absolute atomic E-state index is 12.0. The minimum absolute atomic E-state index is 0.0678. The molecule has 106 valence electrons. The topological polar surface area (TPSA) is 49.4 Å². The molecule has 1 aromatic rings. The lowest BCUT2D eigenvalue weighted by Gasteiger charge is -2.22. The van der Waals surface area contributed by atoms with Crippen molar-refractivity contribution in [3.05, 3.63) is 29.8 Å². The van der Waals surface area contributed by atoms with E-state index < -0.39 is 9.84 Å². The van der Waals surface area contributed by atoms with Crippen LogP contribution in [0.2, 0.25) is 0 Å². The van der Waals surface area contributed by atoms with E-state index >= 15 is 0 Å². The van der Waals surface area contributed by atoms with E-state index in [2.05, 4.69) is 31.1 Å². The van der Waals surface area contributed by atoms with Gasteiger partial charge in [-0.15, -0.1) is 0 Å². The standard InChI is InChI=1S/C14H22N2O2S/c1-11(2)16(3)9-8-15-13-10-19(17,18)14-7-5-4-6-12(13)14/h4-7,11,13,15H,8-10H2,1-3H3. The molecule has 1 N–H and O–H groups in total. The van der Waals surface area contributed by atoms with Crippen molar-refractivity contribution < 1.29 is 8.42 Å². The van der Waals surface area contributed by atoms with Gasteiger partial charge in [0.15, 0.2) is 9.84 Å². The van der Waals surface area contributed by atoms with Gasteiger partial charge in [0.2, 0.25) is 0 Å². The summed E-state index contributed by atoms with van der Waals surface area (Å²) in [7, 11) is -1.02. The average Bonchev–Trinajstić information content (AvgIpc) is 2.62. The van der Waals surface area contributed by atoms with Crippen molar-refractivity contribution in [2.45, 2.75) is 30.8 Å². The second-order valence-electron chi connectivity index (χ2n) is 5.40. The second-order valence-corrected chi connectivity index (χ2v) is 7.40. The Morgan fingerprint density at radius 1 is 1.37 bits per heavy atom. The fourth-order valence-electron chi connectivity index (χ4n) is 2.29. The highest BCUT2D eigenvalue weighted by Crippen LogP contribution is 2.32. The molecule has 0 saturated carbocycles. The third-order valence-corrected chi connectivity index (χ3v) is 5.57. The van der Waals surface area contributed by atoms with Crippen molar-refractivity contribution >= 4 is 9.84 Å². The van der Waals surface area contributed by atoms with Crippen LogP contribution in [0.5, 0.6) is 0 Å². The molecule has 0 fully saturated rings. The molecule has 1 atom stereocenters. The monoisotopic (exact) mass is 282 g/mol. The van der Waals surface area contributed by atoms with E-state index in [0.29, 0.717) is 10.9 Å². The first-order valence-corrected chi connectivity index (χ1v) is 8.32. The van der Waals surface area contributed by atoms with Crippen LogP contribution in [0.4, 0.5) is 0 Å². The Balaban J connectivity index is 2.01. The van der Waals surface area contributed by atoms with Gasteiger partial charge in [-0.3, -0.25) is 0 Å². The summed E-state index contributed by atoms with van der Waals surface area (Å²) in [6, 6.07) is 7.72. The van der Waals surface area contributed by atoms with Crippen LogP contribution in [-0.4, -0.2) is 45.2 Å². The quantitative estimate of drug-likeness (QED) is 0.888. The molecule has 1 unspecified atom stereocenters. The molecule has 0 aliphatic carbocycles. The van der Waals surface area contributed by atoms with Crippen molar-refractivity contribution in [3.63, 3.8) is 0 Å². The van der Waals surface area contributed by atoms with E-state index in [1.807, 2.05) is 12.1 Å². The van der Waals surface area contributed by atoms with Crippen molar-refractivity contribution in [2.75, 3.05) is 25.9 Å². The summed E-state index contributed by atoms with van der Waals surface area (Å²) in [4.78, 5) is 2.73. The van der Waals surface area contributed by atoms with Gasteiger partial charge in [0.05, 0.1) is 10.6 Å². The van der Waals surface area contributed by atoms with Crippen LogP contribution in [0.25, 0.3) is 0 Å². The predicted molar refractivity (Wildman–Crippen MR) is 77.0 cm³/mol. The molecule has 1 aliphatic heterocycles. The van der Waals surface area contributed by atoms with Crippen LogP contribution < -0.4 is 5.32 Å². The van der Waals surface area contributed by atoms with Gasteiger partial charge < -0.3 is 10.2 Å². The number of benzene rings is 1. The van der Waals surface area contributed by atoms with E-state index in [4.69, 9.17) is 0 Å². The van der Waals surface area contributed by atoms with Crippen molar-refractivity contribution in [1.82, 2.24) is 10.2 Å². The summed E-state index contributed by atoms with van der Waals surface area (Å²) < 4.78 is 24.0. The Bertz CT molecular complexity index is 540. The Hall–Kier alpha value is -0.910. The maximum atomic E-state index is 12.0. The highest BCUT2D eigenvalue weighted by molar-refractivity contribution is 7.91. The molecular weight excluding hydrogens is 260 g/mol. The maximum Gasteiger partial charge on any atom is 0.180 e. The van der Waals surface area contributed by atoms with Crippen LogP contribution in [0.15, 0.2) is 29.2 Å². The summed E-state index contributed by atoms with van der Waals surface area (Å²) in [6.45, 7) is 6.00. The van der Waals surface area contributed by atoms with Gasteiger partial charge >= 0.3 is 0 Å². The van der Waals surface area contributed by atoms with Crippen LogP contribution in [0.3, 0.4) is 0 Å². The van der Waals surface area contributed by atoms with E-state index in [-0.39, 0.29) is 11.8 Å². The van der Waals surface area contributed by atoms with Gasteiger partial charge in [0, 0.05) is 25.2 Å². The number of nitrogens with zero attached hydrogens (tertiary/aromatic N) is 1. The fourth-order valence-corrected chi connectivity index (χ4v) is 4.06. The Labute approximate surface area is 115 Å². The fraction of sp³-hybridized carbons (Fsp3) is 0.571. The number of nitrogens with one attached hydrogen (secondary N) is 1. The lowest BCUT2D eigenvalue weighted by Crippen LogP contribution is -2.35. The molecule has 1 heterocycles. The molecule has 5 heteroatoms. The summed E-state index contributed by atoms with van der Waals surface area (Å²) >= 11 is 0. The number of likely N-dealkylation sites (N-methyl/N-ethyl adjacent to an activating group) is 1. The minimum atomic E-state index is -3.10. The highest BCUT2D eigenvalue weighted by atomic mass is 32.2. The molecule has 1 aromatic carbocycles. The zero-order valence-electron chi connectivity index (χ0n) is 11.8. The summed E-state index contributed by atoms with van der Waals surface area (Å²) in [6.07, 6.45) is 0. The SMILES string of the molecule is CC(C)N(C)CCNC1CS(=O)(=O)c2ccccc21. The molecule has 0 amide bonds. The predicted octanol–water partition coefficient (Wildman–Crippen LogP) is 1.44. The normalized spacial score (nSPS) is 21.0. The average molecular weight is 282 g/mol. The molecule has 4 nitrogen and oxygen atoms in total. The zero-order chi connectivity index (χ0) is 14.0. The van der Waals surface area contributed by atoms with Crippen LogP contribution in [0, 0.1) is 0 Å². The van der Waals surface area contributed by atoms with Crippen molar-refractivity contribution in [3.8, 4) is 0 Å². The summed E-state index contributed by atoms with van der Waals surface area (Å²) in [5.41, 5.74) is 0.912. The van der Waals surface area contributed by atoms with Crippen molar-refractivity contribution in [2.24, 2.45) is 0 Å². The first kappa shape index (κ1) is 14.5. The molecule has 19 heavy (non-hydrogen) atoms. The number of fused-ring (bicyclic) bond motifs is 1. The lowest BCUT2D eigenvalue weighted by molar-refractivity contribution is 0.270. The first-order valence-electron chi connectivity index (χ1n) is 6.67. The van der Waals surface area contributed by atoms with E-state index in [1.54, 1.807) is 12.1 Å². The molecule has 1 aliphatic rings. The van der Waals surface area contributed by atoms with Crippen LogP contribution in [0.1, 0.15) is 25.5 Å².